The second-order valence-electron chi connectivity index (χ2n) is 7.08. The number of aliphatic hydroxyl groups is 1. The van der Waals surface area contributed by atoms with E-state index in [1.807, 2.05) is 18.2 Å². The van der Waals surface area contributed by atoms with Gasteiger partial charge in [-0.05, 0) is 43.5 Å². The van der Waals surface area contributed by atoms with E-state index < -0.39 is 5.60 Å². The second-order valence-corrected chi connectivity index (χ2v) is 7.52. The summed E-state index contributed by atoms with van der Waals surface area (Å²) in [6.07, 6.45) is 6.31. The van der Waals surface area contributed by atoms with Crippen molar-refractivity contribution in [3.63, 3.8) is 0 Å². The highest BCUT2D eigenvalue weighted by Gasteiger charge is 2.40. The van der Waals surface area contributed by atoms with Gasteiger partial charge in [0, 0.05) is 30.1 Å². The summed E-state index contributed by atoms with van der Waals surface area (Å²) in [6, 6.07) is 8.31. The standard InChI is InChI=1S/C18H27ClN2O/c19-15-6-4-5-14(11-15)17(13-21-10-7-16(20)12-21)18(22)8-2-1-3-9-18/h4-6,11,16-17,22H,1-3,7-10,12-13,20H2/t16-,17?/m1/s1. The number of rotatable bonds is 4. The predicted octanol–water partition coefficient (Wildman–Crippen LogP) is 3.15. The quantitative estimate of drug-likeness (QED) is 0.895. The first kappa shape index (κ1) is 16.3. The predicted molar refractivity (Wildman–Crippen MR) is 91.3 cm³/mol. The van der Waals surface area contributed by atoms with Crippen molar-refractivity contribution in [1.82, 2.24) is 4.90 Å². The third kappa shape index (κ3) is 3.65. The number of benzene rings is 1. The van der Waals surface area contributed by atoms with Crippen molar-refractivity contribution in [2.24, 2.45) is 5.73 Å². The summed E-state index contributed by atoms with van der Waals surface area (Å²) >= 11 is 6.20. The molecule has 0 radical (unpaired) electrons. The molecular weight excluding hydrogens is 296 g/mol. The Bertz CT molecular complexity index is 502. The van der Waals surface area contributed by atoms with Gasteiger partial charge in [-0.3, -0.25) is 0 Å². The van der Waals surface area contributed by atoms with Gasteiger partial charge in [0.05, 0.1) is 5.60 Å². The molecule has 1 aliphatic carbocycles. The third-order valence-corrected chi connectivity index (χ3v) is 5.60. The highest BCUT2D eigenvalue weighted by atomic mass is 35.5. The van der Waals surface area contributed by atoms with Crippen molar-refractivity contribution < 1.29 is 5.11 Å². The van der Waals surface area contributed by atoms with Gasteiger partial charge >= 0.3 is 0 Å². The van der Waals surface area contributed by atoms with Crippen molar-refractivity contribution >= 4 is 11.6 Å². The molecule has 0 spiro atoms. The molecule has 22 heavy (non-hydrogen) atoms. The van der Waals surface area contributed by atoms with E-state index in [9.17, 15) is 5.11 Å². The van der Waals surface area contributed by atoms with Gasteiger partial charge in [-0.15, -0.1) is 0 Å². The summed E-state index contributed by atoms with van der Waals surface area (Å²) in [5.74, 6) is 0.122. The van der Waals surface area contributed by atoms with Gasteiger partial charge in [0.2, 0.25) is 0 Å². The normalized spacial score (nSPS) is 27.0. The molecule has 122 valence electrons. The first-order valence-corrected chi connectivity index (χ1v) is 8.90. The maximum atomic E-state index is 11.3. The van der Waals surface area contributed by atoms with Crippen molar-refractivity contribution in [2.45, 2.75) is 56.1 Å². The Balaban J connectivity index is 1.84. The minimum absolute atomic E-state index is 0.122. The lowest BCUT2D eigenvalue weighted by Gasteiger charge is -2.41. The van der Waals surface area contributed by atoms with Crippen LogP contribution >= 0.6 is 11.6 Å². The van der Waals surface area contributed by atoms with Gasteiger partial charge in [0.25, 0.3) is 0 Å². The van der Waals surface area contributed by atoms with Crippen LogP contribution in [-0.2, 0) is 0 Å². The number of likely N-dealkylation sites (tertiary alicyclic amines) is 1. The van der Waals surface area contributed by atoms with Crippen LogP contribution in [0.15, 0.2) is 24.3 Å². The van der Waals surface area contributed by atoms with E-state index in [2.05, 4.69) is 11.0 Å². The lowest BCUT2D eigenvalue weighted by molar-refractivity contribution is -0.0294. The van der Waals surface area contributed by atoms with Crippen molar-refractivity contribution in [3.8, 4) is 0 Å². The van der Waals surface area contributed by atoms with Gasteiger partial charge in [-0.2, -0.15) is 0 Å². The zero-order valence-electron chi connectivity index (χ0n) is 13.2. The Kier molecular flexibility index (Phi) is 5.08. The van der Waals surface area contributed by atoms with Crippen LogP contribution in [0.1, 0.15) is 50.0 Å². The molecule has 1 heterocycles. The molecule has 3 nitrogen and oxygen atoms in total. The van der Waals surface area contributed by atoms with E-state index in [0.717, 1.165) is 62.3 Å². The number of nitrogens with two attached hydrogens (primary N) is 1. The minimum Gasteiger partial charge on any atom is -0.389 e. The average Bonchev–Trinajstić information content (AvgIpc) is 2.91. The lowest BCUT2D eigenvalue weighted by atomic mass is 9.72. The Hall–Kier alpha value is -0.610. The molecular formula is C18H27ClN2O. The monoisotopic (exact) mass is 322 g/mol. The van der Waals surface area contributed by atoms with Crippen LogP contribution in [0.25, 0.3) is 0 Å². The largest absolute Gasteiger partial charge is 0.389 e. The molecule has 3 rings (SSSR count). The first-order chi connectivity index (χ1) is 10.6. The first-order valence-electron chi connectivity index (χ1n) is 8.53. The van der Waals surface area contributed by atoms with Gasteiger partial charge in [0.1, 0.15) is 0 Å². The van der Waals surface area contributed by atoms with Crippen LogP contribution in [0.2, 0.25) is 5.02 Å². The Labute approximate surface area is 138 Å². The zero-order valence-corrected chi connectivity index (χ0v) is 13.9. The van der Waals surface area contributed by atoms with Gasteiger partial charge in [0.15, 0.2) is 0 Å². The molecule has 1 unspecified atom stereocenters. The fraction of sp³-hybridized carbons (Fsp3) is 0.667. The average molecular weight is 323 g/mol. The summed E-state index contributed by atoms with van der Waals surface area (Å²) in [7, 11) is 0. The summed E-state index contributed by atoms with van der Waals surface area (Å²) in [5.41, 5.74) is 6.61. The molecule has 4 heteroatoms. The van der Waals surface area contributed by atoms with Crippen molar-refractivity contribution in [2.75, 3.05) is 19.6 Å². The van der Waals surface area contributed by atoms with Crippen LogP contribution < -0.4 is 5.73 Å². The highest BCUT2D eigenvalue weighted by molar-refractivity contribution is 6.30. The third-order valence-electron chi connectivity index (χ3n) is 5.37. The molecule has 1 aliphatic heterocycles. The van der Waals surface area contributed by atoms with E-state index in [-0.39, 0.29) is 12.0 Å². The fourth-order valence-corrected chi connectivity index (χ4v) is 4.31. The van der Waals surface area contributed by atoms with Crippen molar-refractivity contribution in [3.05, 3.63) is 34.9 Å². The fourth-order valence-electron chi connectivity index (χ4n) is 4.11. The van der Waals surface area contributed by atoms with Crippen LogP contribution in [0.5, 0.6) is 0 Å². The van der Waals surface area contributed by atoms with Crippen LogP contribution in [0.4, 0.5) is 0 Å². The number of hydrogen-bond donors (Lipinski definition) is 2. The molecule has 3 N–H and O–H groups in total. The molecule has 1 saturated heterocycles. The van der Waals surface area contributed by atoms with E-state index >= 15 is 0 Å². The molecule has 1 aromatic carbocycles. The molecule has 0 amide bonds. The second kappa shape index (κ2) is 6.88. The smallest absolute Gasteiger partial charge is 0.0728 e. The molecule has 2 atom stereocenters. The maximum absolute atomic E-state index is 11.3. The van der Waals surface area contributed by atoms with Crippen molar-refractivity contribution in [1.29, 1.82) is 0 Å². The van der Waals surface area contributed by atoms with Gasteiger partial charge < -0.3 is 15.7 Å². The van der Waals surface area contributed by atoms with E-state index in [1.54, 1.807) is 0 Å². The van der Waals surface area contributed by atoms with Gasteiger partial charge in [-0.25, -0.2) is 0 Å². The summed E-state index contributed by atoms with van der Waals surface area (Å²) in [5, 5.41) is 12.1. The van der Waals surface area contributed by atoms with Gasteiger partial charge in [-0.1, -0.05) is 43.0 Å². The SMILES string of the molecule is N[C@@H]1CCN(CC(c2cccc(Cl)c2)C2(O)CCCCC2)C1. The summed E-state index contributed by atoms with van der Waals surface area (Å²) in [4.78, 5) is 2.41. The molecule has 0 bridgehead atoms. The van der Waals surface area contributed by atoms with E-state index in [1.165, 1.54) is 6.42 Å². The molecule has 0 aromatic heterocycles. The zero-order chi connectivity index (χ0) is 15.6. The van der Waals surface area contributed by atoms with Crippen LogP contribution in [0, 0.1) is 0 Å². The lowest BCUT2D eigenvalue weighted by Crippen LogP contribution is -2.44. The minimum atomic E-state index is -0.602. The number of halogens is 1. The van der Waals surface area contributed by atoms with Crippen LogP contribution in [0.3, 0.4) is 0 Å². The molecule has 2 fully saturated rings. The molecule has 1 aromatic rings. The molecule has 1 saturated carbocycles. The Morgan fingerprint density at radius 3 is 2.73 bits per heavy atom. The Morgan fingerprint density at radius 2 is 2.09 bits per heavy atom. The summed E-state index contributed by atoms with van der Waals surface area (Å²) in [6.45, 7) is 2.85. The van der Waals surface area contributed by atoms with Crippen LogP contribution in [-0.4, -0.2) is 41.3 Å². The Morgan fingerprint density at radius 1 is 1.32 bits per heavy atom. The highest BCUT2D eigenvalue weighted by Crippen LogP contribution is 2.41. The molecule has 2 aliphatic rings. The van der Waals surface area contributed by atoms with E-state index in [4.69, 9.17) is 17.3 Å². The summed E-state index contributed by atoms with van der Waals surface area (Å²) < 4.78 is 0. The topological polar surface area (TPSA) is 49.5 Å². The maximum Gasteiger partial charge on any atom is 0.0728 e. The number of nitrogens with zero attached hydrogens (tertiary/aromatic N) is 1. The van der Waals surface area contributed by atoms with E-state index in [0.29, 0.717) is 0 Å². The number of hydrogen-bond acceptors (Lipinski definition) is 3.